The zero-order chi connectivity index (χ0) is 25.6. The minimum Gasteiger partial charge on any atom is -0.395 e. The monoisotopic (exact) mass is 493 g/mol. The summed E-state index contributed by atoms with van der Waals surface area (Å²) >= 11 is 0. The average Bonchev–Trinajstić information content (AvgIpc) is 2.89. The molecule has 0 unspecified atom stereocenters. The Morgan fingerprint density at radius 3 is 1.92 bits per heavy atom. The van der Waals surface area contributed by atoms with E-state index in [4.69, 9.17) is 4.43 Å². The summed E-state index contributed by atoms with van der Waals surface area (Å²) in [5, 5.41) is 2.09. The second-order valence-electron chi connectivity index (χ2n) is 10.2. The number of hydrogen-bond donors (Lipinski definition) is 0. The number of carbonyl (C=O) groups excluding carboxylic acids is 1. The quantitative estimate of drug-likeness (QED) is 0.302. The molecule has 184 valence electrons. The van der Waals surface area contributed by atoms with Crippen molar-refractivity contribution in [2.75, 3.05) is 6.54 Å². The highest BCUT2D eigenvalue weighted by Crippen LogP contribution is 2.39. The summed E-state index contributed by atoms with van der Waals surface area (Å²) in [6.45, 7) is 11.3. The topological polar surface area (TPSA) is 29.5 Å². The fraction of sp³-hybridized carbons (Fsp3) is 0.219. The van der Waals surface area contributed by atoms with Crippen LogP contribution in [0.3, 0.4) is 0 Å². The van der Waals surface area contributed by atoms with Gasteiger partial charge in [-0.1, -0.05) is 130 Å². The van der Waals surface area contributed by atoms with Gasteiger partial charge in [0.2, 0.25) is 0 Å². The second-order valence-corrected chi connectivity index (χ2v) is 14.4. The molecule has 0 N–H and O–H groups in total. The van der Waals surface area contributed by atoms with Gasteiger partial charge >= 0.3 is 0 Å². The summed E-state index contributed by atoms with van der Waals surface area (Å²) in [6.07, 6.45) is 8.91. The molecule has 0 spiro atoms. The Kier molecular flexibility index (Phi) is 7.87. The standard InChI is InChI=1S/C32H35NO2Si/c1-5-24-33-25-23-30(34)31(29(33)22-21-26-15-9-6-10-16-26)35-36(32(2,3)4,27-17-11-7-12-18-27)28-19-13-8-14-20-28/h5-23,25,29,31H,1,24H2,2-4H3/b22-21+/t29-,31+/m1/s1. The number of benzene rings is 3. The lowest BCUT2D eigenvalue weighted by Crippen LogP contribution is -2.70. The van der Waals surface area contributed by atoms with Gasteiger partial charge in [0.25, 0.3) is 8.32 Å². The molecule has 4 heteroatoms. The van der Waals surface area contributed by atoms with Crippen molar-refractivity contribution >= 4 is 30.6 Å². The molecule has 0 saturated carbocycles. The van der Waals surface area contributed by atoms with Crippen molar-refractivity contribution in [3.05, 3.63) is 128 Å². The number of hydrogen-bond acceptors (Lipinski definition) is 3. The van der Waals surface area contributed by atoms with Crippen molar-refractivity contribution < 1.29 is 9.22 Å². The van der Waals surface area contributed by atoms with Crippen LogP contribution in [-0.2, 0) is 9.22 Å². The zero-order valence-electron chi connectivity index (χ0n) is 21.4. The maximum absolute atomic E-state index is 13.6. The molecule has 1 heterocycles. The predicted molar refractivity (Wildman–Crippen MR) is 153 cm³/mol. The van der Waals surface area contributed by atoms with Crippen molar-refractivity contribution in [1.29, 1.82) is 0 Å². The smallest absolute Gasteiger partial charge is 0.262 e. The lowest BCUT2D eigenvalue weighted by Gasteiger charge is -2.47. The molecular formula is C32H35NO2Si. The molecule has 2 atom stereocenters. The molecule has 0 amide bonds. The molecule has 0 aliphatic carbocycles. The van der Waals surface area contributed by atoms with Gasteiger partial charge in [-0.3, -0.25) is 4.79 Å². The zero-order valence-corrected chi connectivity index (χ0v) is 22.4. The van der Waals surface area contributed by atoms with Crippen LogP contribution in [0.1, 0.15) is 26.3 Å². The highest BCUT2D eigenvalue weighted by molar-refractivity contribution is 6.99. The fourth-order valence-corrected chi connectivity index (χ4v) is 9.68. The van der Waals surface area contributed by atoms with Crippen LogP contribution in [-0.4, -0.2) is 37.7 Å². The first kappa shape index (κ1) is 25.6. The Morgan fingerprint density at radius 2 is 1.42 bits per heavy atom. The third-order valence-corrected chi connectivity index (χ3v) is 11.8. The molecule has 0 fully saturated rings. The summed E-state index contributed by atoms with van der Waals surface area (Å²) < 4.78 is 7.32. The van der Waals surface area contributed by atoms with E-state index in [2.05, 4.69) is 105 Å². The van der Waals surface area contributed by atoms with E-state index in [1.54, 1.807) is 6.08 Å². The Bertz CT molecular complexity index is 1170. The number of nitrogens with zero attached hydrogens (tertiary/aromatic N) is 1. The minimum absolute atomic E-state index is 0.00832. The van der Waals surface area contributed by atoms with E-state index >= 15 is 0 Å². The van der Waals surface area contributed by atoms with Crippen LogP contribution in [0.2, 0.25) is 5.04 Å². The average molecular weight is 494 g/mol. The van der Waals surface area contributed by atoms with Crippen LogP contribution >= 0.6 is 0 Å². The van der Waals surface area contributed by atoms with Crippen LogP contribution in [0.4, 0.5) is 0 Å². The third-order valence-electron chi connectivity index (χ3n) is 6.75. The Labute approximate surface area is 216 Å². The van der Waals surface area contributed by atoms with Crippen LogP contribution in [0.15, 0.2) is 122 Å². The lowest BCUT2D eigenvalue weighted by atomic mass is 10.00. The van der Waals surface area contributed by atoms with E-state index in [9.17, 15) is 4.79 Å². The number of rotatable bonds is 8. The number of ketones is 1. The van der Waals surface area contributed by atoms with Gasteiger partial charge in [-0.15, -0.1) is 6.58 Å². The first-order valence-corrected chi connectivity index (χ1v) is 14.4. The Morgan fingerprint density at radius 1 is 0.889 bits per heavy atom. The summed E-state index contributed by atoms with van der Waals surface area (Å²) in [6, 6.07) is 30.8. The van der Waals surface area contributed by atoms with Crippen molar-refractivity contribution in [3.63, 3.8) is 0 Å². The van der Waals surface area contributed by atoms with Crippen molar-refractivity contribution in [2.45, 2.75) is 38.0 Å². The highest BCUT2D eigenvalue weighted by atomic mass is 28.4. The summed E-state index contributed by atoms with van der Waals surface area (Å²) in [7, 11) is -2.92. The molecule has 1 aliphatic heterocycles. The molecule has 36 heavy (non-hydrogen) atoms. The Balaban J connectivity index is 1.86. The fourth-order valence-electron chi connectivity index (χ4n) is 5.03. The first-order valence-electron chi connectivity index (χ1n) is 12.5. The van der Waals surface area contributed by atoms with E-state index in [-0.39, 0.29) is 16.9 Å². The van der Waals surface area contributed by atoms with Gasteiger partial charge in [-0.2, -0.15) is 0 Å². The van der Waals surface area contributed by atoms with E-state index in [0.717, 1.165) is 15.9 Å². The highest BCUT2D eigenvalue weighted by Gasteiger charge is 2.53. The molecular weight excluding hydrogens is 458 g/mol. The van der Waals surface area contributed by atoms with E-state index in [1.165, 1.54) is 0 Å². The largest absolute Gasteiger partial charge is 0.395 e. The van der Waals surface area contributed by atoms with Crippen LogP contribution in [0, 0.1) is 0 Å². The maximum atomic E-state index is 13.6. The number of carbonyl (C=O) groups is 1. The third kappa shape index (κ3) is 5.20. The van der Waals surface area contributed by atoms with Gasteiger partial charge < -0.3 is 9.33 Å². The van der Waals surface area contributed by atoms with Gasteiger partial charge in [-0.25, -0.2) is 0 Å². The van der Waals surface area contributed by atoms with Crippen molar-refractivity contribution in [1.82, 2.24) is 4.90 Å². The van der Waals surface area contributed by atoms with Crippen LogP contribution in [0.5, 0.6) is 0 Å². The van der Waals surface area contributed by atoms with Gasteiger partial charge in [0, 0.05) is 12.7 Å². The summed E-state index contributed by atoms with van der Waals surface area (Å²) in [5.41, 5.74) is 1.09. The molecule has 3 aromatic carbocycles. The van der Waals surface area contributed by atoms with Gasteiger partial charge in [0.1, 0.15) is 6.10 Å². The Hall–Kier alpha value is -3.47. The first-order chi connectivity index (χ1) is 17.4. The molecule has 3 aromatic rings. The molecule has 4 rings (SSSR count). The normalized spacial score (nSPS) is 18.5. The van der Waals surface area contributed by atoms with E-state index < -0.39 is 14.4 Å². The molecule has 0 radical (unpaired) electrons. The second kappa shape index (κ2) is 11.1. The molecule has 0 aromatic heterocycles. The maximum Gasteiger partial charge on any atom is 0.262 e. The van der Waals surface area contributed by atoms with Crippen LogP contribution < -0.4 is 10.4 Å². The molecule has 0 bridgehead atoms. The molecule has 1 aliphatic rings. The summed E-state index contributed by atoms with van der Waals surface area (Å²) in [4.78, 5) is 15.7. The molecule has 3 nitrogen and oxygen atoms in total. The van der Waals surface area contributed by atoms with Crippen molar-refractivity contribution in [2.24, 2.45) is 0 Å². The van der Waals surface area contributed by atoms with Crippen LogP contribution in [0.25, 0.3) is 6.08 Å². The molecule has 0 saturated heterocycles. The van der Waals surface area contributed by atoms with Gasteiger partial charge in [0.15, 0.2) is 5.78 Å². The van der Waals surface area contributed by atoms with E-state index in [1.807, 2.05) is 42.6 Å². The minimum atomic E-state index is -2.92. The van der Waals surface area contributed by atoms with Gasteiger partial charge in [-0.05, 0) is 27.1 Å². The summed E-state index contributed by atoms with van der Waals surface area (Å²) in [5.74, 6) is -0.00832. The van der Waals surface area contributed by atoms with Gasteiger partial charge in [0.05, 0.1) is 6.04 Å². The van der Waals surface area contributed by atoms with Crippen molar-refractivity contribution in [3.8, 4) is 0 Å². The van der Waals surface area contributed by atoms with E-state index in [0.29, 0.717) is 6.54 Å². The lowest BCUT2D eigenvalue weighted by molar-refractivity contribution is -0.124. The SMILES string of the molecule is C=CCN1C=CC(=O)[C@@H](O[Si](c2ccccc2)(c2ccccc2)C(C)(C)C)[C@H]1/C=C/c1ccccc1. The predicted octanol–water partition coefficient (Wildman–Crippen LogP) is 5.60.